The lowest BCUT2D eigenvalue weighted by atomic mass is 10.1. The van der Waals surface area contributed by atoms with Gasteiger partial charge in [0.05, 0.1) is 11.1 Å². The molecule has 0 saturated carbocycles. The second-order valence-electron chi connectivity index (χ2n) is 5.00. The van der Waals surface area contributed by atoms with Gasteiger partial charge in [0.2, 0.25) is 0 Å². The van der Waals surface area contributed by atoms with E-state index in [0.29, 0.717) is 0 Å². The molecule has 0 bridgehead atoms. The summed E-state index contributed by atoms with van der Waals surface area (Å²) >= 11 is 0. The van der Waals surface area contributed by atoms with Crippen LogP contribution in [0, 0.1) is 17.2 Å². The van der Waals surface area contributed by atoms with Crippen molar-refractivity contribution in [1.82, 2.24) is 0 Å². The van der Waals surface area contributed by atoms with Crippen LogP contribution in [0.4, 0.5) is 0 Å². The molecule has 0 unspecified atom stereocenters. The number of hydrogen-bond acceptors (Lipinski definition) is 4. The highest BCUT2D eigenvalue weighted by molar-refractivity contribution is 5.65. The average molecular weight is 347 g/mol. The Balaban J connectivity index is 0.000000368. The van der Waals surface area contributed by atoms with E-state index >= 15 is 0 Å². The van der Waals surface area contributed by atoms with Gasteiger partial charge in [-0.3, -0.25) is 0 Å². The molecule has 3 aromatic rings. The zero-order valence-corrected chi connectivity index (χ0v) is 13.6. The molecule has 1 aromatic heterocycles. The van der Waals surface area contributed by atoms with Crippen molar-refractivity contribution >= 4 is 0 Å². The van der Waals surface area contributed by atoms with E-state index < -0.39 is 10.2 Å². The molecule has 0 aliphatic rings. The predicted octanol–water partition coefficient (Wildman–Crippen LogP) is 0.447. The van der Waals surface area contributed by atoms with Gasteiger partial charge < -0.3 is 0 Å². The van der Waals surface area contributed by atoms with Gasteiger partial charge >= 0.3 is 12.0 Å². The lowest BCUT2D eigenvalue weighted by Gasteiger charge is -2.17. The molecule has 0 fully saturated rings. The molecule has 0 aliphatic heterocycles. The van der Waals surface area contributed by atoms with Gasteiger partial charge in [0, 0.05) is 6.07 Å². The lowest BCUT2D eigenvalue weighted by Crippen LogP contribution is -2.68. The highest BCUT2D eigenvalue weighted by Crippen LogP contribution is 2.24. The van der Waals surface area contributed by atoms with Gasteiger partial charge in [-0.25, -0.2) is 23.1 Å². The van der Waals surface area contributed by atoms with Gasteiger partial charge in [-0.05, 0) is 30.7 Å². The molecule has 124 valence electrons. The Morgan fingerprint density at radius 2 is 1.21 bits per heavy atom. The predicted molar refractivity (Wildman–Crippen MR) is 78.7 cm³/mol. The Kier molecular flexibility index (Phi) is 6.03. The third-order valence-corrected chi connectivity index (χ3v) is 3.17. The fourth-order valence-electron chi connectivity index (χ4n) is 2.05. The summed E-state index contributed by atoms with van der Waals surface area (Å²) < 4.78 is 39.7. The average Bonchev–Trinajstić information content (AvgIpc) is 2.55. The van der Waals surface area contributed by atoms with Crippen LogP contribution in [0.2, 0.25) is 0 Å². The minimum atomic E-state index is -4.94. The summed E-state index contributed by atoms with van der Waals surface area (Å²) in [6, 6.07) is 22.7. The van der Waals surface area contributed by atoms with Crippen LogP contribution in [0.25, 0.3) is 22.5 Å². The van der Waals surface area contributed by atoms with Crippen LogP contribution in [0.15, 0.2) is 77.4 Å². The van der Waals surface area contributed by atoms with Crippen LogP contribution in [0.3, 0.4) is 0 Å². The van der Waals surface area contributed by atoms with Crippen molar-refractivity contribution in [3.63, 3.8) is 0 Å². The van der Waals surface area contributed by atoms with Crippen LogP contribution in [-0.4, -0.2) is 0 Å². The molecule has 6 heteroatoms. The molecule has 0 spiro atoms. The summed E-state index contributed by atoms with van der Waals surface area (Å²) in [6.45, 7) is 2.08. The fourth-order valence-corrected chi connectivity index (χ4v) is 2.05. The van der Waals surface area contributed by atoms with Gasteiger partial charge in [0.1, 0.15) is 0 Å². The molecule has 2 aromatic carbocycles. The Bertz CT molecular complexity index is 744. The van der Waals surface area contributed by atoms with Crippen molar-refractivity contribution < 1.29 is 33.3 Å². The summed E-state index contributed by atoms with van der Waals surface area (Å²) in [5.41, 5.74) is 4.62. The Morgan fingerprint density at radius 3 is 1.71 bits per heavy atom. The normalized spacial score (nSPS) is 10.7. The summed E-state index contributed by atoms with van der Waals surface area (Å²) in [4.78, 5) is 0. The van der Waals surface area contributed by atoms with Crippen molar-refractivity contribution in [2.75, 3.05) is 0 Å². The molecule has 5 nitrogen and oxygen atoms in total. The lowest BCUT2D eigenvalue weighted by molar-refractivity contribution is -2.00. The summed E-state index contributed by atoms with van der Waals surface area (Å²) in [7, 11) is -4.94. The minimum absolute atomic E-state index is 0.889. The third-order valence-electron chi connectivity index (χ3n) is 3.17. The topological polar surface area (TPSA) is 104 Å². The number of halogens is 1. The molecule has 0 amide bonds. The standard InChI is InChI=1S/C18H15O.ClHO4/c1-14-7-9-16(10-8-14)18-12-11-17(13-19-18)15-5-3-2-4-6-15;2-1(3,4)5/h2-13H,1H3;(H,2,3,4,5)/q+1;/p-1. The summed E-state index contributed by atoms with van der Waals surface area (Å²) in [5, 5.41) is 0. The van der Waals surface area contributed by atoms with Crippen molar-refractivity contribution in [3.8, 4) is 22.5 Å². The highest BCUT2D eigenvalue weighted by Gasteiger charge is 2.11. The van der Waals surface area contributed by atoms with Gasteiger partial charge in [-0.1, -0.05) is 48.0 Å². The molecule has 0 radical (unpaired) electrons. The molecular formula is C18H15ClO5. The Morgan fingerprint density at radius 1 is 0.667 bits per heavy atom. The minimum Gasteiger partial charge on any atom is -0.222 e. The van der Waals surface area contributed by atoms with Crippen molar-refractivity contribution in [2.24, 2.45) is 0 Å². The second-order valence-corrected chi connectivity index (χ2v) is 5.75. The van der Waals surface area contributed by atoms with E-state index in [0.717, 1.165) is 16.9 Å². The SMILES string of the molecule is Cc1ccc(-c2ccc(-c3ccccc3)c[o+]2)cc1.[O-][Cl+3]([O-])([O-])[O-]. The number of rotatable bonds is 2. The monoisotopic (exact) mass is 346 g/mol. The molecule has 0 saturated heterocycles. The first kappa shape index (κ1) is 18.1. The maximum atomic E-state index is 8.49. The fraction of sp³-hybridized carbons (Fsp3) is 0.0556. The van der Waals surface area contributed by atoms with Gasteiger partial charge in [-0.2, -0.15) is 0 Å². The maximum absolute atomic E-state index is 8.49. The number of hydrogen-bond donors (Lipinski definition) is 0. The molecule has 0 atom stereocenters. The van der Waals surface area contributed by atoms with Gasteiger partial charge in [-0.15, -0.1) is 10.2 Å². The van der Waals surface area contributed by atoms with Crippen LogP contribution in [-0.2, 0) is 0 Å². The largest absolute Gasteiger partial charge is 0.359 e. The van der Waals surface area contributed by atoms with Crippen LogP contribution in [0.1, 0.15) is 5.56 Å². The van der Waals surface area contributed by atoms with Gasteiger partial charge in [0.25, 0.3) is 0 Å². The van der Waals surface area contributed by atoms with Gasteiger partial charge in [0.15, 0.2) is 0 Å². The molecule has 1 heterocycles. The number of aryl methyl sites for hydroxylation is 1. The summed E-state index contributed by atoms with van der Waals surface area (Å²) in [6.07, 6.45) is 1.81. The van der Waals surface area contributed by atoms with E-state index in [2.05, 4.69) is 49.4 Å². The van der Waals surface area contributed by atoms with E-state index in [4.69, 9.17) is 23.1 Å². The molecule has 24 heavy (non-hydrogen) atoms. The highest BCUT2D eigenvalue weighted by atomic mass is 35.7. The van der Waals surface area contributed by atoms with Crippen molar-refractivity contribution in [1.29, 1.82) is 0 Å². The van der Waals surface area contributed by atoms with E-state index in [9.17, 15) is 0 Å². The van der Waals surface area contributed by atoms with E-state index in [1.165, 1.54) is 11.1 Å². The summed E-state index contributed by atoms with van der Waals surface area (Å²) in [5.74, 6) is 0.889. The van der Waals surface area contributed by atoms with Crippen molar-refractivity contribution in [3.05, 3.63) is 78.6 Å². The first-order valence-electron chi connectivity index (χ1n) is 6.99. The molecule has 0 N–H and O–H groups in total. The van der Waals surface area contributed by atoms with E-state index in [1.807, 2.05) is 30.5 Å². The van der Waals surface area contributed by atoms with E-state index in [-0.39, 0.29) is 0 Å². The molecule has 3 rings (SSSR count). The maximum Gasteiger partial charge on any atom is 0.359 e. The van der Waals surface area contributed by atoms with E-state index in [1.54, 1.807) is 0 Å². The first-order chi connectivity index (χ1) is 11.3. The third kappa shape index (κ3) is 6.08. The van der Waals surface area contributed by atoms with Crippen LogP contribution in [0.5, 0.6) is 0 Å². The second kappa shape index (κ2) is 8.01. The Labute approximate surface area is 141 Å². The van der Waals surface area contributed by atoms with Crippen molar-refractivity contribution in [2.45, 2.75) is 6.92 Å². The zero-order chi connectivity index (χ0) is 17.6. The number of benzene rings is 2. The molecular weight excluding hydrogens is 332 g/mol. The Hall–Kier alpha value is -2.28. The molecule has 0 aliphatic carbocycles. The first-order valence-corrected chi connectivity index (χ1v) is 8.22. The zero-order valence-electron chi connectivity index (χ0n) is 12.8. The smallest absolute Gasteiger partial charge is 0.222 e. The quantitative estimate of drug-likeness (QED) is 0.626. The van der Waals surface area contributed by atoms with Crippen LogP contribution >= 0.6 is 0 Å². The van der Waals surface area contributed by atoms with Crippen LogP contribution < -0.4 is 18.6 Å².